The molecule has 0 aromatic heterocycles. The molecule has 7 nitrogen and oxygen atoms in total. The Labute approximate surface area is 255 Å². The first-order valence-electron chi connectivity index (χ1n) is 14.3. The Bertz CT molecular complexity index is 1890. The molecule has 1 N–H and O–H groups in total. The van der Waals surface area contributed by atoms with E-state index in [9.17, 15) is 14.4 Å². The van der Waals surface area contributed by atoms with Crippen LogP contribution in [0, 0.1) is 13.8 Å². The molecule has 4 amide bonds. The summed E-state index contributed by atoms with van der Waals surface area (Å²) in [7, 11) is 0. The van der Waals surface area contributed by atoms with Crippen LogP contribution >= 0.6 is 0 Å². The molecular formula is C37H30N2O5. The maximum absolute atomic E-state index is 13.7. The monoisotopic (exact) mass is 582 g/mol. The average Bonchev–Trinajstić information content (AvgIpc) is 3.03. The molecule has 7 heteroatoms. The van der Waals surface area contributed by atoms with Crippen molar-refractivity contribution in [1.82, 2.24) is 5.32 Å². The van der Waals surface area contributed by atoms with Crippen molar-refractivity contribution in [3.05, 3.63) is 143 Å². The lowest BCUT2D eigenvalue weighted by Gasteiger charge is -2.26. The minimum Gasteiger partial charge on any atom is -0.489 e. The number of hydrogen-bond acceptors (Lipinski definition) is 5. The Kier molecular flexibility index (Phi) is 7.93. The van der Waals surface area contributed by atoms with E-state index in [0.717, 1.165) is 32.4 Å². The predicted molar refractivity (Wildman–Crippen MR) is 170 cm³/mol. The lowest BCUT2D eigenvalue weighted by atomic mass is 9.99. The second-order valence-electron chi connectivity index (χ2n) is 10.7. The normalized spacial score (nSPS) is 14.2. The van der Waals surface area contributed by atoms with Crippen molar-refractivity contribution >= 4 is 40.4 Å². The zero-order chi connectivity index (χ0) is 30.6. The summed E-state index contributed by atoms with van der Waals surface area (Å²) in [4.78, 5) is 40.6. The number of rotatable bonds is 8. The van der Waals surface area contributed by atoms with E-state index in [2.05, 4.69) is 5.32 Å². The van der Waals surface area contributed by atoms with Crippen molar-refractivity contribution < 1.29 is 23.9 Å². The van der Waals surface area contributed by atoms with Gasteiger partial charge in [0.15, 0.2) is 0 Å². The molecule has 0 saturated carbocycles. The smallest absolute Gasteiger partial charge is 0.335 e. The van der Waals surface area contributed by atoms with Crippen molar-refractivity contribution in [2.24, 2.45) is 0 Å². The van der Waals surface area contributed by atoms with Crippen molar-refractivity contribution in [2.75, 3.05) is 4.90 Å². The second-order valence-corrected chi connectivity index (χ2v) is 10.7. The van der Waals surface area contributed by atoms with Crippen molar-refractivity contribution in [3.63, 3.8) is 0 Å². The van der Waals surface area contributed by atoms with E-state index in [-0.39, 0.29) is 5.57 Å². The Hall–Kier alpha value is -5.69. The summed E-state index contributed by atoms with van der Waals surface area (Å²) in [6.07, 6.45) is 1.50. The van der Waals surface area contributed by atoms with Gasteiger partial charge < -0.3 is 9.47 Å². The van der Waals surface area contributed by atoms with Crippen LogP contribution in [0.25, 0.3) is 16.8 Å². The molecule has 0 aliphatic carbocycles. The number of urea groups is 1. The first-order valence-corrected chi connectivity index (χ1v) is 14.3. The van der Waals surface area contributed by atoms with Gasteiger partial charge in [0.2, 0.25) is 0 Å². The molecule has 0 unspecified atom stereocenters. The summed E-state index contributed by atoms with van der Waals surface area (Å²) in [5.41, 5.74) is 5.02. The number of aryl methyl sites for hydroxylation is 2. The Morgan fingerprint density at radius 1 is 0.682 bits per heavy atom. The fourth-order valence-corrected chi connectivity index (χ4v) is 4.97. The van der Waals surface area contributed by atoms with Crippen LogP contribution in [0.2, 0.25) is 0 Å². The third kappa shape index (κ3) is 6.08. The van der Waals surface area contributed by atoms with Crippen LogP contribution in [0.4, 0.5) is 10.5 Å². The quantitative estimate of drug-likeness (QED) is 0.154. The number of carbonyl (C=O) groups is 3. The van der Waals surface area contributed by atoms with E-state index in [1.54, 1.807) is 24.3 Å². The van der Waals surface area contributed by atoms with Gasteiger partial charge in [-0.3, -0.25) is 14.9 Å². The number of ether oxygens (including phenoxy) is 2. The Morgan fingerprint density at radius 3 is 1.95 bits per heavy atom. The number of fused-ring (bicyclic) bond motifs is 1. The molecule has 1 saturated heterocycles. The fraction of sp³-hybridized carbons (Fsp3) is 0.108. The topological polar surface area (TPSA) is 84.9 Å². The van der Waals surface area contributed by atoms with Crippen LogP contribution in [-0.2, 0) is 22.8 Å². The van der Waals surface area contributed by atoms with Crippen molar-refractivity contribution in [1.29, 1.82) is 0 Å². The average molecular weight is 583 g/mol. The largest absolute Gasteiger partial charge is 0.489 e. The number of nitrogens with one attached hydrogen (secondary N) is 1. The van der Waals surface area contributed by atoms with Crippen LogP contribution < -0.4 is 19.7 Å². The maximum Gasteiger partial charge on any atom is 0.335 e. The van der Waals surface area contributed by atoms with Crippen LogP contribution in [-0.4, -0.2) is 17.8 Å². The zero-order valence-electron chi connectivity index (χ0n) is 24.4. The molecule has 5 aromatic rings. The van der Waals surface area contributed by atoms with Gasteiger partial charge in [0.05, 0.1) is 5.69 Å². The number of carbonyl (C=O) groups excluding carboxylic acids is 3. The standard InChI is InChI=1S/C37H30N2O5/c1-24-7-11-26(12-8-24)22-43-30-18-16-29(17-19-30)39-36(41)33(35(40)38-37(39)42)21-32-31-6-4-3-5-28(31)15-20-34(32)44-23-27-13-9-25(2)10-14-27/h3-21H,22-23H2,1-2H3,(H,38,40,42)/b33-21+. The molecular weight excluding hydrogens is 552 g/mol. The van der Waals surface area contributed by atoms with Gasteiger partial charge in [-0.25, -0.2) is 9.69 Å². The third-order valence-corrected chi connectivity index (χ3v) is 7.46. The number of hydrogen-bond donors (Lipinski definition) is 1. The third-order valence-electron chi connectivity index (χ3n) is 7.46. The highest BCUT2D eigenvalue weighted by molar-refractivity contribution is 6.39. The summed E-state index contributed by atoms with van der Waals surface area (Å²) in [6, 6.07) is 33.3. The molecule has 1 heterocycles. The van der Waals surface area contributed by atoms with Crippen molar-refractivity contribution in [2.45, 2.75) is 27.1 Å². The van der Waals surface area contributed by atoms with E-state index in [4.69, 9.17) is 9.47 Å². The van der Waals surface area contributed by atoms with Gasteiger partial charge >= 0.3 is 6.03 Å². The highest BCUT2D eigenvalue weighted by Crippen LogP contribution is 2.33. The molecule has 1 fully saturated rings. The first kappa shape index (κ1) is 28.4. The van der Waals surface area contributed by atoms with E-state index in [1.165, 1.54) is 11.6 Å². The van der Waals surface area contributed by atoms with E-state index in [1.807, 2.05) is 98.8 Å². The zero-order valence-corrected chi connectivity index (χ0v) is 24.4. The molecule has 1 aliphatic rings. The van der Waals surface area contributed by atoms with Gasteiger partial charge in [0.1, 0.15) is 30.3 Å². The van der Waals surface area contributed by atoms with Gasteiger partial charge in [-0.1, -0.05) is 90.0 Å². The van der Waals surface area contributed by atoms with Gasteiger partial charge in [-0.05, 0) is 72.2 Å². The van der Waals surface area contributed by atoms with Crippen LogP contribution in [0.15, 0.2) is 115 Å². The molecule has 0 bridgehead atoms. The molecule has 0 radical (unpaired) electrons. The van der Waals surface area contributed by atoms with Gasteiger partial charge in [-0.15, -0.1) is 0 Å². The number of imide groups is 2. The molecule has 44 heavy (non-hydrogen) atoms. The maximum atomic E-state index is 13.7. The highest BCUT2D eigenvalue weighted by Gasteiger charge is 2.37. The number of benzene rings is 5. The van der Waals surface area contributed by atoms with Crippen LogP contribution in [0.1, 0.15) is 27.8 Å². The van der Waals surface area contributed by atoms with Gasteiger partial charge in [0, 0.05) is 5.56 Å². The number of nitrogens with zero attached hydrogens (tertiary/aromatic N) is 1. The summed E-state index contributed by atoms with van der Waals surface area (Å²) in [5, 5.41) is 4.03. The lowest BCUT2D eigenvalue weighted by molar-refractivity contribution is -0.122. The molecule has 218 valence electrons. The Balaban J connectivity index is 1.28. The summed E-state index contributed by atoms with van der Waals surface area (Å²) < 4.78 is 12.1. The van der Waals surface area contributed by atoms with E-state index >= 15 is 0 Å². The van der Waals surface area contributed by atoms with Crippen LogP contribution in [0.5, 0.6) is 11.5 Å². The molecule has 0 atom stereocenters. The van der Waals surface area contributed by atoms with E-state index < -0.39 is 17.8 Å². The Morgan fingerprint density at radius 2 is 1.30 bits per heavy atom. The van der Waals surface area contributed by atoms with Crippen LogP contribution in [0.3, 0.4) is 0 Å². The summed E-state index contributed by atoms with van der Waals surface area (Å²) in [5.74, 6) is -0.413. The van der Waals surface area contributed by atoms with E-state index in [0.29, 0.717) is 36.0 Å². The number of barbiturate groups is 1. The second kappa shape index (κ2) is 12.3. The minimum absolute atomic E-state index is 0.180. The lowest BCUT2D eigenvalue weighted by Crippen LogP contribution is -2.54. The molecule has 6 rings (SSSR count). The highest BCUT2D eigenvalue weighted by atomic mass is 16.5. The summed E-state index contributed by atoms with van der Waals surface area (Å²) >= 11 is 0. The molecule has 5 aromatic carbocycles. The van der Waals surface area contributed by atoms with Gasteiger partial charge in [0.25, 0.3) is 11.8 Å². The minimum atomic E-state index is -0.820. The number of amides is 4. The SMILES string of the molecule is Cc1ccc(COc2ccc(N3C(=O)NC(=O)/C(=C\c4c(OCc5ccc(C)cc5)ccc5ccccc45)C3=O)cc2)cc1. The summed E-state index contributed by atoms with van der Waals surface area (Å²) in [6.45, 7) is 4.73. The first-order chi connectivity index (χ1) is 21.4. The number of anilines is 1. The van der Waals surface area contributed by atoms with Gasteiger partial charge in [-0.2, -0.15) is 0 Å². The fourth-order valence-electron chi connectivity index (χ4n) is 4.97. The molecule has 0 spiro atoms. The molecule has 1 aliphatic heterocycles. The van der Waals surface area contributed by atoms with Crippen molar-refractivity contribution in [3.8, 4) is 11.5 Å². The predicted octanol–water partition coefficient (Wildman–Crippen LogP) is 7.28.